The maximum Gasteiger partial charge on any atom is 0.306 e. The van der Waals surface area contributed by atoms with Gasteiger partial charge in [-0.1, -0.05) is 50.3 Å². The highest BCUT2D eigenvalue weighted by Crippen LogP contribution is 2.24. The van der Waals surface area contributed by atoms with Crippen LogP contribution in [0.15, 0.2) is 30.3 Å². The third kappa shape index (κ3) is 5.52. The maximum absolute atomic E-state index is 12.0. The van der Waals surface area contributed by atoms with Crippen molar-refractivity contribution in [3.05, 3.63) is 41.5 Å². The molecule has 0 spiro atoms. The minimum atomic E-state index is -0.716. The summed E-state index contributed by atoms with van der Waals surface area (Å²) in [5, 5.41) is 12.0. The fraction of sp³-hybridized carbons (Fsp3) is 0.500. The number of carbonyl (C=O) groups excluding carboxylic acids is 1. The number of aliphatic carboxylic acids is 1. The highest BCUT2D eigenvalue weighted by molar-refractivity contribution is 5.79. The maximum atomic E-state index is 12.0. The lowest BCUT2D eigenvalue weighted by Crippen LogP contribution is -2.38. The largest absolute Gasteiger partial charge is 0.481 e. The quantitative estimate of drug-likeness (QED) is 0.830. The van der Waals surface area contributed by atoms with Gasteiger partial charge in [0.15, 0.2) is 0 Å². The van der Waals surface area contributed by atoms with Crippen LogP contribution in [-0.2, 0) is 9.59 Å². The smallest absolute Gasteiger partial charge is 0.306 e. The summed E-state index contributed by atoms with van der Waals surface area (Å²) in [5.74, 6) is -0.438. The topological polar surface area (TPSA) is 66.4 Å². The molecular weight excluding hydrogens is 302 g/mol. The van der Waals surface area contributed by atoms with Crippen LogP contribution in [0.4, 0.5) is 0 Å². The zero-order valence-electron chi connectivity index (χ0n) is 14.5. The van der Waals surface area contributed by atoms with Crippen molar-refractivity contribution in [2.75, 3.05) is 0 Å². The molecule has 1 saturated carbocycles. The zero-order valence-corrected chi connectivity index (χ0v) is 14.5. The molecule has 130 valence electrons. The number of hydrogen-bond acceptors (Lipinski definition) is 2. The molecule has 0 aromatic heterocycles. The first-order chi connectivity index (χ1) is 11.5. The van der Waals surface area contributed by atoms with E-state index in [0.717, 1.165) is 18.4 Å². The SMILES string of the molecule is CC(C)c1ccc(/C=C/CC(=O)NC2CCC(C(=O)O)CC2)cc1. The van der Waals surface area contributed by atoms with Gasteiger partial charge in [0.2, 0.25) is 5.91 Å². The Morgan fingerprint density at radius 3 is 2.33 bits per heavy atom. The Kier molecular flexibility index (Phi) is 6.59. The Morgan fingerprint density at radius 1 is 1.17 bits per heavy atom. The summed E-state index contributed by atoms with van der Waals surface area (Å²) in [6.45, 7) is 4.33. The first kappa shape index (κ1) is 18.2. The average molecular weight is 329 g/mol. The van der Waals surface area contributed by atoms with Crippen molar-refractivity contribution < 1.29 is 14.7 Å². The predicted molar refractivity (Wildman–Crippen MR) is 95.7 cm³/mol. The van der Waals surface area contributed by atoms with E-state index in [2.05, 4.69) is 43.4 Å². The minimum absolute atomic E-state index is 0.00354. The molecule has 2 N–H and O–H groups in total. The lowest BCUT2D eigenvalue weighted by atomic mass is 9.86. The number of carboxylic acid groups (broad SMARTS) is 1. The van der Waals surface area contributed by atoms with Crippen molar-refractivity contribution in [3.63, 3.8) is 0 Å². The van der Waals surface area contributed by atoms with Crippen LogP contribution in [0.3, 0.4) is 0 Å². The van der Waals surface area contributed by atoms with Gasteiger partial charge in [-0.25, -0.2) is 0 Å². The van der Waals surface area contributed by atoms with E-state index in [4.69, 9.17) is 5.11 Å². The molecule has 1 aliphatic rings. The molecule has 4 nitrogen and oxygen atoms in total. The van der Waals surface area contributed by atoms with E-state index in [0.29, 0.717) is 25.2 Å². The third-order valence-corrected chi connectivity index (χ3v) is 4.66. The number of carbonyl (C=O) groups is 2. The van der Waals surface area contributed by atoms with Crippen LogP contribution in [-0.4, -0.2) is 23.0 Å². The number of carboxylic acids is 1. The third-order valence-electron chi connectivity index (χ3n) is 4.66. The molecule has 0 saturated heterocycles. The molecule has 0 bridgehead atoms. The average Bonchev–Trinajstić information content (AvgIpc) is 2.55. The van der Waals surface area contributed by atoms with Gasteiger partial charge in [-0.15, -0.1) is 0 Å². The highest BCUT2D eigenvalue weighted by atomic mass is 16.4. The van der Waals surface area contributed by atoms with Crippen LogP contribution >= 0.6 is 0 Å². The first-order valence-electron chi connectivity index (χ1n) is 8.74. The van der Waals surface area contributed by atoms with Gasteiger partial charge in [0.1, 0.15) is 0 Å². The molecular formula is C20H27NO3. The summed E-state index contributed by atoms with van der Waals surface area (Å²) in [4.78, 5) is 22.9. The van der Waals surface area contributed by atoms with E-state index in [1.54, 1.807) is 0 Å². The number of nitrogens with one attached hydrogen (secondary N) is 1. The molecule has 1 aromatic carbocycles. The van der Waals surface area contributed by atoms with Gasteiger partial charge < -0.3 is 10.4 Å². The molecule has 24 heavy (non-hydrogen) atoms. The summed E-state index contributed by atoms with van der Waals surface area (Å²) in [5.41, 5.74) is 2.40. The summed E-state index contributed by atoms with van der Waals surface area (Å²) >= 11 is 0. The van der Waals surface area contributed by atoms with Gasteiger partial charge in [0, 0.05) is 12.5 Å². The molecule has 0 atom stereocenters. The van der Waals surface area contributed by atoms with Crippen molar-refractivity contribution in [1.29, 1.82) is 0 Å². The summed E-state index contributed by atoms with van der Waals surface area (Å²) in [7, 11) is 0. The molecule has 1 aliphatic carbocycles. The summed E-state index contributed by atoms with van der Waals surface area (Å²) < 4.78 is 0. The van der Waals surface area contributed by atoms with Gasteiger partial charge in [0.25, 0.3) is 0 Å². The van der Waals surface area contributed by atoms with Crippen molar-refractivity contribution in [2.24, 2.45) is 5.92 Å². The van der Waals surface area contributed by atoms with Gasteiger partial charge >= 0.3 is 5.97 Å². The van der Waals surface area contributed by atoms with Crippen LogP contribution in [0.5, 0.6) is 0 Å². The predicted octanol–water partition coefficient (Wildman–Crippen LogP) is 3.97. The molecule has 0 radical (unpaired) electrons. The van der Waals surface area contributed by atoms with Crippen LogP contribution in [0.2, 0.25) is 0 Å². The van der Waals surface area contributed by atoms with Crippen molar-refractivity contribution in [1.82, 2.24) is 5.32 Å². The van der Waals surface area contributed by atoms with Gasteiger partial charge in [0.05, 0.1) is 5.92 Å². The summed E-state index contributed by atoms with van der Waals surface area (Å²) in [6.07, 6.45) is 7.00. The molecule has 4 heteroatoms. The van der Waals surface area contributed by atoms with E-state index in [1.165, 1.54) is 5.56 Å². The standard InChI is InChI=1S/C20H27NO3/c1-14(2)16-8-6-15(7-9-16)4-3-5-19(22)21-18-12-10-17(11-13-18)20(23)24/h3-4,6-9,14,17-18H,5,10-13H2,1-2H3,(H,21,22)(H,23,24)/b4-3+. The van der Waals surface area contributed by atoms with Crippen LogP contribution in [0.1, 0.15) is 63.0 Å². The lowest BCUT2D eigenvalue weighted by Gasteiger charge is -2.26. The van der Waals surface area contributed by atoms with Gasteiger partial charge in [-0.2, -0.15) is 0 Å². The first-order valence-corrected chi connectivity index (χ1v) is 8.74. The second-order valence-corrected chi connectivity index (χ2v) is 6.88. The molecule has 1 amide bonds. The van der Waals surface area contributed by atoms with Crippen LogP contribution in [0, 0.1) is 5.92 Å². The minimum Gasteiger partial charge on any atom is -0.481 e. The molecule has 0 aliphatic heterocycles. The Labute approximate surface area is 144 Å². The Morgan fingerprint density at radius 2 is 1.79 bits per heavy atom. The van der Waals surface area contributed by atoms with Crippen molar-refractivity contribution in [3.8, 4) is 0 Å². The second-order valence-electron chi connectivity index (χ2n) is 6.88. The Bertz CT molecular complexity index is 581. The normalized spacial score (nSPS) is 21.1. The Hall–Kier alpha value is -2.10. The number of rotatable bonds is 6. The number of amides is 1. The van der Waals surface area contributed by atoms with E-state index in [9.17, 15) is 9.59 Å². The molecule has 1 fully saturated rings. The van der Waals surface area contributed by atoms with E-state index in [-0.39, 0.29) is 17.9 Å². The van der Waals surface area contributed by atoms with Crippen molar-refractivity contribution >= 4 is 18.0 Å². The lowest BCUT2D eigenvalue weighted by molar-refractivity contribution is -0.142. The fourth-order valence-corrected chi connectivity index (χ4v) is 3.07. The molecule has 2 rings (SSSR count). The van der Waals surface area contributed by atoms with Crippen LogP contribution < -0.4 is 5.32 Å². The number of hydrogen-bond donors (Lipinski definition) is 2. The fourth-order valence-electron chi connectivity index (χ4n) is 3.07. The molecule has 1 aromatic rings. The summed E-state index contributed by atoms with van der Waals surface area (Å²) in [6, 6.07) is 8.48. The van der Waals surface area contributed by atoms with Crippen molar-refractivity contribution in [2.45, 2.75) is 57.9 Å². The van der Waals surface area contributed by atoms with E-state index in [1.807, 2.05) is 12.2 Å². The number of benzene rings is 1. The van der Waals surface area contributed by atoms with Gasteiger partial charge in [-0.3, -0.25) is 9.59 Å². The molecule has 0 heterocycles. The van der Waals surface area contributed by atoms with E-state index < -0.39 is 5.97 Å². The Balaban J connectivity index is 1.74. The highest BCUT2D eigenvalue weighted by Gasteiger charge is 2.26. The molecule has 0 unspecified atom stereocenters. The van der Waals surface area contributed by atoms with Crippen LogP contribution in [0.25, 0.3) is 6.08 Å². The zero-order chi connectivity index (χ0) is 17.5. The monoisotopic (exact) mass is 329 g/mol. The van der Waals surface area contributed by atoms with Gasteiger partial charge in [-0.05, 0) is 42.7 Å². The second kappa shape index (κ2) is 8.67. The van der Waals surface area contributed by atoms with E-state index >= 15 is 0 Å².